The molecule has 0 spiro atoms. The van der Waals surface area contributed by atoms with Crippen LogP contribution in [0.3, 0.4) is 0 Å². The maximum atomic E-state index is 13.0. The highest BCUT2D eigenvalue weighted by atomic mass is 19.1. The third-order valence-electron chi connectivity index (χ3n) is 3.85. The minimum Gasteiger partial charge on any atom is -0.397 e. The van der Waals surface area contributed by atoms with E-state index in [1.54, 1.807) is 0 Å². The summed E-state index contributed by atoms with van der Waals surface area (Å²) in [6.45, 7) is 3.49. The molecule has 1 aromatic carbocycles. The Morgan fingerprint density at radius 2 is 2.30 bits per heavy atom. The maximum absolute atomic E-state index is 13.0. The van der Waals surface area contributed by atoms with Gasteiger partial charge in [0.2, 0.25) is 5.91 Å². The van der Waals surface area contributed by atoms with Gasteiger partial charge in [-0.3, -0.25) is 9.69 Å². The summed E-state index contributed by atoms with van der Waals surface area (Å²) in [6, 6.07) is 4.49. The molecule has 4 nitrogen and oxygen atoms in total. The molecule has 1 saturated heterocycles. The van der Waals surface area contributed by atoms with Crippen molar-refractivity contribution in [3.05, 3.63) is 24.0 Å². The molecule has 5 heteroatoms. The second-order valence-electron chi connectivity index (χ2n) is 5.31. The first-order valence-corrected chi connectivity index (χ1v) is 7.19. The highest BCUT2D eigenvalue weighted by Gasteiger charge is 2.22. The standard InChI is InChI=1S/C15H22FN3O/c1-2-12-5-3-4-8-19(12)10-15(20)18-14-7-6-11(16)9-13(14)17/h6-7,9,12H,2-5,8,10,17H2,1H3,(H,18,20). The van der Waals surface area contributed by atoms with Crippen LogP contribution < -0.4 is 11.1 Å². The number of halogens is 1. The number of anilines is 2. The fourth-order valence-corrected chi connectivity index (χ4v) is 2.75. The summed E-state index contributed by atoms with van der Waals surface area (Å²) < 4.78 is 13.0. The molecule has 0 aliphatic carbocycles. The van der Waals surface area contributed by atoms with Crippen LogP contribution in [-0.4, -0.2) is 29.9 Å². The number of nitrogens with two attached hydrogens (primary N) is 1. The molecule has 110 valence electrons. The van der Waals surface area contributed by atoms with E-state index in [0.717, 1.165) is 25.8 Å². The number of benzene rings is 1. The van der Waals surface area contributed by atoms with Crippen LogP contribution in [0.25, 0.3) is 0 Å². The Bertz CT molecular complexity index is 478. The highest BCUT2D eigenvalue weighted by Crippen LogP contribution is 2.21. The lowest BCUT2D eigenvalue weighted by atomic mass is 10.00. The summed E-state index contributed by atoms with van der Waals surface area (Å²) in [4.78, 5) is 14.3. The van der Waals surface area contributed by atoms with E-state index in [1.807, 2.05) is 0 Å². The van der Waals surface area contributed by atoms with E-state index in [0.29, 0.717) is 18.3 Å². The van der Waals surface area contributed by atoms with Gasteiger partial charge in [0.05, 0.1) is 17.9 Å². The smallest absolute Gasteiger partial charge is 0.238 e. The van der Waals surface area contributed by atoms with Crippen LogP contribution in [0, 0.1) is 5.82 Å². The third-order valence-corrected chi connectivity index (χ3v) is 3.85. The molecule has 0 radical (unpaired) electrons. The van der Waals surface area contributed by atoms with Crippen molar-refractivity contribution < 1.29 is 9.18 Å². The predicted molar refractivity (Wildman–Crippen MR) is 78.9 cm³/mol. The first kappa shape index (κ1) is 14.8. The van der Waals surface area contributed by atoms with Gasteiger partial charge >= 0.3 is 0 Å². The number of nitrogen functional groups attached to an aromatic ring is 1. The van der Waals surface area contributed by atoms with Crippen LogP contribution in [0.2, 0.25) is 0 Å². The van der Waals surface area contributed by atoms with Gasteiger partial charge < -0.3 is 11.1 Å². The fraction of sp³-hybridized carbons (Fsp3) is 0.533. The summed E-state index contributed by atoms with van der Waals surface area (Å²) in [5, 5.41) is 2.76. The zero-order valence-corrected chi connectivity index (χ0v) is 11.9. The molecule has 20 heavy (non-hydrogen) atoms. The lowest BCUT2D eigenvalue weighted by molar-refractivity contribution is -0.118. The molecule has 2 rings (SSSR count). The van der Waals surface area contributed by atoms with Gasteiger partial charge in [-0.05, 0) is 44.0 Å². The Labute approximate surface area is 119 Å². The fourth-order valence-electron chi connectivity index (χ4n) is 2.75. The van der Waals surface area contributed by atoms with Crippen LogP contribution in [0.1, 0.15) is 32.6 Å². The maximum Gasteiger partial charge on any atom is 0.238 e. The molecule has 1 heterocycles. The van der Waals surface area contributed by atoms with Crippen molar-refractivity contribution in [3.63, 3.8) is 0 Å². The van der Waals surface area contributed by atoms with Crippen LogP contribution in [0.15, 0.2) is 18.2 Å². The van der Waals surface area contributed by atoms with Crippen molar-refractivity contribution in [1.29, 1.82) is 0 Å². The Balaban J connectivity index is 1.94. The van der Waals surface area contributed by atoms with E-state index in [9.17, 15) is 9.18 Å². The molecule has 1 aromatic rings. The first-order chi connectivity index (χ1) is 9.60. The van der Waals surface area contributed by atoms with Gasteiger partial charge in [0.25, 0.3) is 0 Å². The molecule has 1 atom stereocenters. The van der Waals surface area contributed by atoms with Crippen molar-refractivity contribution in [2.45, 2.75) is 38.6 Å². The van der Waals surface area contributed by atoms with Gasteiger partial charge in [-0.1, -0.05) is 13.3 Å². The number of hydrogen-bond donors (Lipinski definition) is 2. The van der Waals surface area contributed by atoms with Crippen molar-refractivity contribution >= 4 is 17.3 Å². The normalized spacial score (nSPS) is 19.8. The molecule has 1 aliphatic heterocycles. The second-order valence-corrected chi connectivity index (χ2v) is 5.31. The Morgan fingerprint density at radius 1 is 1.50 bits per heavy atom. The zero-order valence-electron chi connectivity index (χ0n) is 11.9. The van der Waals surface area contributed by atoms with Gasteiger partial charge in [-0.25, -0.2) is 4.39 Å². The SMILES string of the molecule is CCC1CCCCN1CC(=O)Nc1ccc(F)cc1N. The molecule has 1 unspecified atom stereocenters. The molecule has 3 N–H and O–H groups in total. The van der Waals surface area contributed by atoms with E-state index in [4.69, 9.17) is 5.73 Å². The third kappa shape index (κ3) is 3.70. The molecule has 0 bridgehead atoms. The van der Waals surface area contributed by atoms with Crippen molar-refractivity contribution in [1.82, 2.24) is 4.90 Å². The summed E-state index contributed by atoms with van der Waals surface area (Å²) >= 11 is 0. The van der Waals surface area contributed by atoms with Crippen molar-refractivity contribution in [3.8, 4) is 0 Å². The topological polar surface area (TPSA) is 58.4 Å². The van der Waals surface area contributed by atoms with Gasteiger partial charge in [0, 0.05) is 6.04 Å². The molecule has 1 aliphatic rings. The van der Waals surface area contributed by atoms with Crippen LogP contribution in [0.4, 0.5) is 15.8 Å². The summed E-state index contributed by atoms with van der Waals surface area (Å²) in [5.41, 5.74) is 6.42. The molecule has 0 aromatic heterocycles. The lowest BCUT2D eigenvalue weighted by Crippen LogP contribution is -2.43. The molecule has 1 fully saturated rings. The molecular weight excluding hydrogens is 257 g/mol. The number of rotatable bonds is 4. The molecular formula is C15H22FN3O. The van der Waals surface area contributed by atoms with E-state index in [-0.39, 0.29) is 11.6 Å². The number of nitrogens with one attached hydrogen (secondary N) is 1. The minimum absolute atomic E-state index is 0.0938. The van der Waals surface area contributed by atoms with E-state index >= 15 is 0 Å². The highest BCUT2D eigenvalue weighted by molar-refractivity contribution is 5.95. The number of hydrogen-bond acceptors (Lipinski definition) is 3. The largest absolute Gasteiger partial charge is 0.397 e. The summed E-state index contributed by atoms with van der Waals surface area (Å²) in [6.07, 6.45) is 4.60. The Kier molecular flexibility index (Phi) is 4.95. The average Bonchev–Trinajstić information content (AvgIpc) is 2.42. The number of carbonyl (C=O) groups excluding carboxylic acids is 1. The quantitative estimate of drug-likeness (QED) is 0.833. The first-order valence-electron chi connectivity index (χ1n) is 7.19. The van der Waals surface area contributed by atoms with Crippen LogP contribution in [-0.2, 0) is 4.79 Å². The average molecular weight is 279 g/mol. The second kappa shape index (κ2) is 6.70. The summed E-state index contributed by atoms with van der Waals surface area (Å²) in [7, 11) is 0. The molecule has 0 saturated carbocycles. The number of carbonyl (C=O) groups is 1. The monoisotopic (exact) mass is 279 g/mol. The van der Waals surface area contributed by atoms with E-state index in [1.165, 1.54) is 24.6 Å². The Morgan fingerprint density at radius 3 is 3.00 bits per heavy atom. The number of likely N-dealkylation sites (tertiary alicyclic amines) is 1. The van der Waals surface area contributed by atoms with Crippen LogP contribution in [0.5, 0.6) is 0 Å². The Hall–Kier alpha value is -1.62. The lowest BCUT2D eigenvalue weighted by Gasteiger charge is -2.34. The summed E-state index contributed by atoms with van der Waals surface area (Å²) in [5.74, 6) is -0.494. The zero-order chi connectivity index (χ0) is 14.5. The van der Waals surface area contributed by atoms with Crippen molar-refractivity contribution in [2.75, 3.05) is 24.1 Å². The number of amides is 1. The van der Waals surface area contributed by atoms with Gasteiger partial charge in [-0.15, -0.1) is 0 Å². The number of piperidine rings is 1. The van der Waals surface area contributed by atoms with Gasteiger partial charge in [-0.2, -0.15) is 0 Å². The van der Waals surface area contributed by atoms with E-state index < -0.39 is 5.82 Å². The van der Waals surface area contributed by atoms with Gasteiger partial charge in [0.1, 0.15) is 5.82 Å². The number of nitrogens with zero attached hydrogens (tertiary/aromatic N) is 1. The minimum atomic E-state index is -0.400. The van der Waals surface area contributed by atoms with Crippen LogP contribution >= 0.6 is 0 Å². The predicted octanol–water partition coefficient (Wildman–Crippen LogP) is 2.61. The van der Waals surface area contributed by atoms with Crippen molar-refractivity contribution in [2.24, 2.45) is 0 Å². The van der Waals surface area contributed by atoms with Gasteiger partial charge in [0.15, 0.2) is 0 Å². The molecule has 1 amide bonds. The van der Waals surface area contributed by atoms with E-state index in [2.05, 4.69) is 17.1 Å².